The van der Waals surface area contributed by atoms with Gasteiger partial charge in [0.15, 0.2) is 5.05 Å². The summed E-state index contributed by atoms with van der Waals surface area (Å²) in [4.78, 5) is 0. The van der Waals surface area contributed by atoms with E-state index in [1.54, 1.807) is 0 Å². The molecule has 106 valence electrons. The van der Waals surface area contributed by atoms with Crippen molar-refractivity contribution in [1.82, 2.24) is 0 Å². The van der Waals surface area contributed by atoms with E-state index in [-0.39, 0.29) is 18.4 Å². The molecule has 0 saturated heterocycles. The van der Waals surface area contributed by atoms with Crippen molar-refractivity contribution in [2.24, 2.45) is 0 Å². The molecular formula is C15H22O3S. The SMILES string of the molecule is CC(C)(C)OC(=S)CC(O)CC(O)c1ccccc1. The highest BCUT2D eigenvalue weighted by atomic mass is 32.1. The highest BCUT2D eigenvalue weighted by Crippen LogP contribution is 2.20. The van der Waals surface area contributed by atoms with Gasteiger partial charge in [-0.3, -0.25) is 0 Å². The molecule has 2 atom stereocenters. The van der Waals surface area contributed by atoms with Crippen molar-refractivity contribution in [3.63, 3.8) is 0 Å². The summed E-state index contributed by atoms with van der Waals surface area (Å²) in [5.74, 6) is 0. The average Bonchev–Trinajstić information content (AvgIpc) is 2.27. The number of ether oxygens (including phenoxy) is 1. The van der Waals surface area contributed by atoms with Crippen LogP contribution in [0.4, 0.5) is 0 Å². The first kappa shape index (κ1) is 16.1. The van der Waals surface area contributed by atoms with Crippen molar-refractivity contribution in [3.05, 3.63) is 35.9 Å². The van der Waals surface area contributed by atoms with Crippen molar-refractivity contribution < 1.29 is 14.9 Å². The average molecular weight is 282 g/mol. The maximum absolute atomic E-state index is 9.99. The van der Waals surface area contributed by atoms with Crippen molar-refractivity contribution in [2.45, 2.75) is 51.4 Å². The topological polar surface area (TPSA) is 49.7 Å². The predicted octanol–water partition coefficient (Wildman–Crippen LogP) is 3.00. The number of thiocarbonyl (C=S) groups is 1. The molecule has 0 aliphatic carbocycles. The summed E-state index contributed by atoms with van der Waals surface area (Å²) in [6.07, 6.45) is -0.882. The van der Waals surface area contributed by atoms with E-state index in [1.165, 1.54) is 0 Å². The van der Waals surface area contributed by atoms with Crippen LogP contribution in [0.5, 0.6) is 0 Å². The van der Waals surface area contributed by atoms with Gasteiger partial charge in [-0.15, -0.1) is 0 Å². The minimum absolute atomic E-state index is 0.248. The minimum Gasteiger partial charge on any atom is -0.482 e. The van der Waals surface area contributed by atoms with Crippen LogP contribution in [0.1, 0.15) is 45.3 Å². The quantitative estimate of drug-likeness (QED) is 0.815. The van der Waals surface area contributed by atoms with E-state index in [2.05, 4.69) is 0 Å². The minimum atomic E-state index is -0.704. The molecule has 0 aliphatic rings. The summed E-state index contributed by atoms with van der Waals surface area (Å²) >= 11 is 5.08. The van der Waals surface area contributed by atoms with E-state index in [4.69, 9.17) is 17.0 Å². The molecule has 1 rings (SSSR count). The Morgan fingerprint density at radius 3 is 2.32 bits per heavy atom. The third-order valence-electron chi connectivity index (χ3n) is 2.50. The predicted molar refractivity (Wildman–Crippen MR) is 80.1 cm³/mol. The Morgan fingerprint density at radius 1 is 1.21 bits per heavy atom. The van der Waals surface area contributed by atoms with Crippen LogP contribution in [0.15, 0.2) is 30.3 Å². The summed E-state index contributed by atoms with van der Waals surface area (Å²) < 4.78 is 5.49. The molecule has 2 N–H and O–H groups in total. The Bertz CT molecular complexity index is 398. The Morgan fingerprint density at radius 2 is 1.79 bits per heavy atom. The van der Waals surface area contributed by atoms with Crippen LogP contribution in [0, 0.1) is 0 Å². The van der Waals surface area contributed by atoms with Gasteiger partial charge in [0, 0.05) is 12.8 Å². The molecule has 0 heterocycles. The molecule has 1 aromatic carbocycles. The summed E-state index contributed by atoms with van der Waals surface area (Å²) in [5, 5.41) is 20.3. The van der Waals surface area contributed by atoms with E-state index in [0.29, 0.717) is 5.05 Å². The molecule has 0 amide bonds. The summed E-state index contributed by atoms with van der Waals surface area (Å²) in [6.45, 7) is 5.72. The van der Waals surface area contributed by atoms with Crippen molar-refractivity contribution in [3.8, 4) is 0 Å². The Labute approximate surface area is 120 Å². The third-order valence-corrected chi connectivity index (χ3v) is 2.75. The lowest BCUT2D eigenvalue weighted by molar-refractivity contribution is 0.0715. The van der Waals surface area contributed by atoms with Crippen molar-refractivity contribution in [1.29, 1.82) is 0 Å². The third kappa shape index (κ3) is 6.66. The molecular weight excluding hydrogens is 260 g/mol. The molecule has 19 heavy (non-hydrogen) atoms. The molecule has 3 nitrogen and oxygen atoms in total. The summed E-state index contributed by atoms with van der Waals surface area (Å²) in [5.41, 5.74) is 0.443. The van der Waals surface area contributed by atoms with Crippen LogP contribution in [0.3, 0.4) is 0 Å². The lowest BCUT2D eigenvalue weighted by atomic mass is 10.0. The van der Waals surface area contributed by atoms with E-state index >= 15 is 0 Å². The first-order valence-corrected chi connectivity index (χ1v) is 6.81. The van der Waals surface area contributed by atoms with Crippen LogP contribution < -0.4 is 0 Å². The van der Waals surface area contributed by atoms with E-state index in [1.807, 2.05) is 51.1 Å². The molecule has 0 bridgehead atoms. The monoisotopic (exact) mass is 282 g/mol. The fourth-order valence-electron chi connectivity index (χ4n) is 1.73. The number of aliphatic hydroxyl groups excluding tert-OH is 2. The molecule has 0 radical (unpaired) electrons. The lowest BCUT2D eigenvalue weighted by Gasteiger charge is -2.23. The number of aliphatic hydroxyl groups is 2. The van der Waals surface area contributed by atoms with Gasteiger partial charge in [0.25, 0.3) is 0 Å². The molecule has 4 heteroatoms. The zero-order chi connectivity index (χ0) is 14.5. The zero-order valence-electron chi connectivity index (χ0n) is 11.7. The van der Waals surface area contributed by atoms with Gasteiger partial charge in [0.1, 0.15) is 5.60 Å². The molecule has 0 aromatic heterocycles. The highest BCUT2D eigenvalue weighted by Gasteiger charge is 2.19. The lowest BCUT2D eigenvalue weighted by Crippen LogP contribution is -2.26. The number of hydrogen-bond acceptors (Lipinski definition) is 4. The van der Waals surface area contributed by atoms with Crippen LogP contribution in [-0.2, 0) is 4.74 Å². The van der Waals surface area contributed by atoms with Gasteiger partial charge in [-0.05, 0) is 38.6 Å². The second kappa shape index (κ2) is 6.98. The van der Waals surface area contributed by atoms with Crippen LogP contribution >= 0.6 is 12.2 Å². The van der Waals surface area contributed by atoms with Gasteiger partial charge in [-0.2, -0.15) is 0 Å². The second-order valence-electron chi connectivity index (χ2n) is 5.61. The van der Waals surface area contributed by atoms with Gasteiger partial charge in [-0.25, -0.2) is 0 Å². The fraction of sp³-hybridized carbons (Fsp3) is 0.533. The fourth-order valence-corrected chi connectivity index (χ4v) is 2.17. The number of rotatable bonds is 5. The summed E-state index contributed by atoms with van der Waals surface area (Å²) in [7, 11) is 0. The second-order valence-corrected chi connectivity index (χ2v) is 6.06. The van der Waals surface area contributed by atoms with Crippen LogP contribution in [0.25, 0.3) is 0 Å². The van der Waals surface area contributed by atoms with E-state index in [9.17, 15) is 10.2 Å². The maximum atomic E-state index is 9.99. The van der Waals surface area contributed by atoms with Gasteiger partial charge in [0.2, 0.25) is 0 Å². The normalized spacial score (nSPS) is 14.8. The van der Waals surface area contributed by atoms with Gasteiger partial charge < -0.3 is 14.9 Å². The standard InChI is InChI=1S/C15H22O3S/c1-15(2,3)18-14(19)10-12(16)9-13(17)11-7-5-4-6-8-11/h4-8,12-13,16-17H,9-10H2,1-3H3. The maximum Gasteiger partial charge on any atom is 0.163 e. The number of hydrogen-bond donors (Lipinski definition) is 2. The van der Waals surface area contributed by atoms with Gasteiger partial charge >= 0.3 is 0 Å². The van der Waals surface area contributed by atoms with Gasteiger partial charge in [-0.1, -0.05) is 30.3 Å². The van der Waals surface area contributed by atoms with E-state index < -0.39 is 12.2 Å². The molecule has 0 fully saturated rings. The first-order valence-electron chi connectivity index (χ1n) is 6.41. The zero-order valence-corrected chi connectivity index (χ0v) is 12.5. The van der Waals surface area contributed by atoms with E-state index in [0.717, 1.165) is 5.56 Å². The van der Waals surface area contributed by atoms with Crippen LogP contribution in [0.2, 0.25) is 0 Å². The molecule has 1 aromatic rings. The first-order chi connectivity index (χ1) is 8.78. The molecule has 0 spiro atoms. The molecule has 0 aliphatic heterocycles. The van der Waals surface area contributed by atoms with Crippen molar-refractivity contribution in [2.75, 3.05) is 0 Å². The molecule has 0 saturated carbocycles. The Balaban J connectivity index is 2.43. The largest absolute Gasteiger partial charge is 0.482 e. The Kier molecular flexibility index (Phi) is 5.91. The van der Waals surface area contributed by atoms with Crippen LogP contribution in [-0.4, -0.2) is 27.0 Å². The Hall–Kier alpha value is -0.970. The van der Waals surface area contributed by atoms with Crippen molar-refractivity contribution >= 4 is 17.3 Å². The summed E-state index contributed by atoms with van der Waals surface area (Å²) in [6, 6.07) is 9.28. The van der Waals surface area contributed by atoms with Gasteiger partial charge in [0.05, 0.1) is 12.2 Å². The highest BCUT2D eigenvalue weighted by molar-refractivity contribution is 7.80. The number of benzene rings is 1. The molecule has 2 unspecified atom stereocenters. The smallest absolute Gasteiger partial charge is 0.163 e.